The number of rotatable bonds is 6. The maximum atomic E-state index is 13.3. The lowest BCUT2D eigenvalue weighted by molar-refractivity contribution is -0.0440. The second-order valence-electron chi connectivity index (χ2n) is 9.01. The van der Waals surface area contributed by atoms with Crippen molar-refractivity contribution in [2.24, 2.45) is 5.92 Å². The number of nitrogens with zero attached hydrogens (tertiary/aromatic N) is 2. The summed E-state index contributed by atoms with van der Waals surface area (Å²) >= 11 is 6.26. The molecule has 2 heterocycles. The van der Waals surface area contributed by atoms with Crippen LogP contribution in [0.25, 0.3) is 0 Å². The predicted molar refractivity (Wildman–Crippen MR) is 121 cm³/mol. The third-order valence-corrected chi connectivity index (χ3v) is 8.39. The maximum absolute atomic E-state index is 13.3. The van der Waals surface area contributed by atoms with Crippen molar-refractivity contribution < 1.29 is 22.4 Å². The zero-order valence-corrected chi connectivity index (χ0v) is 20.3. The number of hydrogen-bond acceptors (Lipinski definition) is 5. The highest BCUT2D eigenvalue weighted by molar-refractivity contribution is 7.89. The van der Waals surface area contributed by atoms with E-state index in [1.54, 1.807) is 13.1 Å². The Hall–Kier alpha value is -1.87. The van der Waals surface area contributed by atoms with Crippen molar-refractivity contribution in [1.29, 1.82) is 0 Å². The first-order chi connectivity index (χ1) is 15.1. The van der Waals surface area contributed by atoms with Gasteiger partial charge in [-0.3, -0.25) is 4.79 Å². The van der Waals surface area contributed by atoms with Crippen molar-refractivity contribution in [2.75, 3.05) is 20.1 Å². The molecular formula is C23H29ClN2O5S. The van der Waals surface area contributed by atoms with Gasteiger partial charge >= 0.3 is 0 Å². The van der Waals surface area contributed by atoms with Crippen molar-refractivity contribution in [1.82, 2.24) is 9.21 Å². The van der Waals surface area contributed by atoms with Crippen LogP contribution in [0.1, 0.15) is 55.0 Å². The van der Waals surface area contributed by atoms with Crippen LogP contribution in [0.15, 0.2) is 39.6 Å². The minimum absolute atomic E-state index is 0.0669. The van der Waals surface area contributed by atoms with Gasteiger partial charge in [0.15, 0.2) is 0 Å². The number of amides is 1. The zero-order valence-electron chi connectivity index (χ0n) is 18.7. The molecule has 9 heteroatoms. The Morgan fingerprint density at radius 3 is 2.44 bits per heavy atom. The molecule has 4 rings (SSSR count). The molecule has 1 amide bonds. The average Bonchev–Trinajstić information content (AvgIpc) is 3.27. The smallest absolute Gasteiger partial charge is 0.254 e. The fourth-order valence-corrected chi connectivity index (χ4v) is 6.31. The molecule has 1 saturated heterocycles. The SMILES string of the molecule is C[C@@H]1CN(S(=O)(=O)c2cc(C(=O)N(C)Cc3ccc([C@@H]4C[C@@H]4C)o3)ccc2Cl)C[C@@H](C)O1. The van der Waals surface area contributed by atoms with E-state index in [4.69, 9.17) is 20.8 Å². The molecule has 0 N–H and O–H groups in total. The molecule has 0 unspecified atom stereocenters. The Morgan fingerprint density at radius 2 is 1.81 bits per heavy atom. The van der Waals surface area contributed by atoms with Crippen LogP contribution in [0.3, 0.4) is 0 Å². The zero-order chi connectivity index (χ0) is 23.2. The molecule has 174 valence electrons. The van der Waals surface area contributed by atoms with Gasteiger partial charge in [0.05, 0.1) is 23.8 Å². The molecule has 4 atom stereocenters. The van der Waals surface area contributed by atoms with Crippen LogP contribution >= 0.6 is 11.6 Å². The van der Waals surface area contributed by atoms with Gasteiger partial charge in [0.25, 0.3) is 5.91 Å². The molecule has 2 aliphatic rings. The molecule has 1 aromatic carbocycles. The fraction of sp³-hybridized carbons (Fsp3) is 0.522. The van der Waals surface area contributed by atoms with Crippen LogP contribution in [0.5, 0.6) is 0 Å². The van der Waals surface area contributed by atoms with Gasteiger partial charge in [0, 0.05) is 31.6 Å². The number of carbonyl (C=O) groups excluding carboxylic acids is 1. The second kappa shape index (κ2) is 8.82. The van der Waals surface area contributed by atoms with E-state index in [-0.39, 0.29) is 46.7 Å². The molecule has 7 nitrogen and oxygen atoms in total. The van der Waals surface area contributed by atoms with Crippen molar-refractivity contribution in [3.8, 4) is 0 Å². The van der Waals surface area contributed by atoms with E-state index in [9.17, 15) is 13.2 Å². The van der Waals surface area contributed by atoms with Crippen molar-refractivity contribution in [3.05, 3.63) is 52.4 Å². The van der Waals surface area contributed by atoms with Gasteiger partial charge in [-0.25, -0.2) is 8.42 Å². The van der Waals surface area contributed by atoms with E-state index in [2.05, 4.69) is 6.92 Å². The van der Waals surface area contributed by atoms with E-state index in [1.807, 2.05) is 26.0 Å². The van der Waals surface area contributed by atoms with E-state index in [1.165, 1.54) is 21.3 Å². The number of furan rings is 1. The van der Waals surface area contributed by atoms with Crippen LogP contribution in [0.4, 0.5) is 0 Å². The minimum Gasteiger partial charge on any atom is -0.464 e. The number of hydrogen-bond donors (Lipinski definition) is 0. The number of halogens is 1. The monoisotopic (exact) mass is 480 g/mol. The summed E-state index contributed by atoms with van der Waals surface area (Å²) in [7, 11) is -2.21. The van der Waals surface area contributed by atoms with Gasteiger partial charge in [0.2, 0.25) is 10.0 Å². The third-order valence-electron chi connectivity index (χ3n) is 6.08. The predicted octanol–water partition coefficient (Wildman–Crippen LogP) is 4.13. The number of ether oxygens (including phenoxy) is 1. The van der Waals surface area contributed by atoms with E-state index in [0.717, 1.165) is 12.2 Å². The molecule has 0 bridgehead atoms. The third kappa shape index (κ3) is 4.73. The standard InChI is InChI=1S/C23H29ClN2O5S/c1-14-9-19(14)21-8-6-18(31-21)13-25(4)23(27)17-5-7-20(24)22(10-17)32(28,29)26-11-15(2)30-16(3)12-26/h5-8,10,14-16,19H,9,11-13H2,1-4H3/t14-,15+,16+,19+/m0/s1. The Kier molecular flexibility index (Phi) is 6.42. The summed E-state index contributed by atoms with van der Waals surface area (Å²) < 4.78 is 39.5. The topological polar surface area (TPSA) is 80.1 Å². The van der Waals surface area contributed by atoms with Gasteiger partial charge in [-0.1, -0.05) is 18.5 Å². The lowest BCUT2D eigenvalue weighted by Gasteiger charge is -2.34. The molecule has 2 fully saturated rings. The summed E-state index contributed by atoms with van der Waals surface area (Å²) in [5, 5.41) is 0.0882. The molecule has 0 spiro atoms. The minimum atomic E-state index is -3.87. The summed E-state index contributed by atoms with van der Waals surface area (Å²) in [5.74, 6) is 2.47. The summed E-state index contributed by atoms with van der Waals surface area (Å²) in [6.45, 7) is 6.62. The molecule has 1 aliphatic heterocycles. The van der Waals surface area contributed by atoms with E-state index >= 15 is 0 Å². The molecule has 32 heavy (non-hydrogen) atoms. The fourth-order valence-electron chi connectivity index (χ4n) is 4.22. The lowest BCUT2D eigenvalue weighted by atomic mass is 10.2. The molecule has 2 aromatic rings. The van der Waals surface area contributed by atoms with Crippen LogP contribution < -0.4 is 0 Å². The highest BCUT2D eigenvalue weighted by Crippen LogP contribution is 2.47. The van der Waals surface area contributed by atoms with Crippen LogP contribution in [-0.4, -0.2) is 55.9 Å². The first-order valence-electron chi connectivity index (χ1n) is 10.9. The molecular weight excluding hydrogens is 452 g/mol. The largest absolute Gasteiger partial charge is 0.464 e. The van der Waals surface area contributed by atoms with Gasteiger partial charge in [-0.2, -0.15) is 4.31 Å². The number of sulfonamides is 1. The van der Waals surface area contributed by atoms with Gasteiger partial charge in [-0.15, -0.1) is 0 Å². The Bertz CT molecular complexity index is 1110. The van der Waals surface area contributed by atoms with E-state index in [0.29, 0.717) is 24.1 Å². The summed E-state index contributed by atoms with van der Waals surface area (Å²) in [5.41, 5.74) is 0.257. The van der Waals surface area contributed by atoms with Crippen LogP contribution in [-0.2, 0) is 21.3 Å². The highest BCUT2D eigenvalue weighted by atomic mass is 35.5. The molecule has 1 aliphatic carbocycles. The first kappa shape index (κ1) is 23.3. The van der Waals surface area contributed by atoms with Crippen molar-refractivity contribution >= 4 is 27.5 Å². The van der Waals surface area contributed by atoms with Gasteiger partial charge in [-0.05, 0) is 56.5 Å². The molecule has 0 radical (unpaired) electrons. The summed E-state index contributed by atoms with van der Waals surface area (Å²) in [6, 6.07) is 8.23. The van der Waals surface area contributed by atoms with Gasteiger partial charge < -0.3 is 14.1 Å². The van der Waals surface area contributed by atoms with Crippen molar-refractivity contribution in [3.63, 3.8) is 0 Å². The number of benzene rings is 1. The Labute approximate surface area is 194 Å². The molecule has 1 aromatic heterocycles. The van der Waals surface area contributed by atoms with Crippen LogP contribution in [0, 0.1) is 5.92 Å². The second-order valence-corrected chi connectivity index (χ2v) is 11.3. The average molecular weight is 481 g/mol. The quantitative estimate of drug-likeness (QED) is 0.621. The van der Waals surface area contributed by atoms with E-state index < -0.39 is 10.0 Å². The lowest BCUT2D eigenvalue weighted by Crippen LogP contribution is -2.48. The van der Waals surface area contributed by atoms with Crippen LogP contribution in [0.2, 0.25) is 5.02 Å². The normalized spacial score (nSPS) is 26.2. The first-order valence-corrected chi connectivity index (χ1v) is 12.7. The Morgan fingerprint density at radius 1 is 1.16 bits per heavy atom. The summed E-state index contributed by atoms with van der Waals surface area (Å²) in [6.07, 6.45) is 0.685. The highest BCUT2D eigenvalue weighted by Gasteiger charge is 2.37. The Balaban J connectivity index is 1.52. The number of morpholine rings is 1. The van der Waals surface area contributed by atoms with Gasteiger partial charge in [0.1, 0.15) is 16.4 Å². The molecule has 1 saturated carbocycles. The summed E-state index contributed by atoms with van der Waals surface area (Å²) in [4.78, 5) is 14.5. The maximum Gasteiger partial charge on any atom is 0.254 e. The number of carbonyl (C=O) groups is 1. The van der Waals surface area contributed by atoms with Crippen molar-refractivity contribution in [2.45, 2.75) is 56.8 Å².